The SMILES string of the molecule is c1ccc2c(c1)CCN2c1cnnc(NC2CCCCCC2)n1. The van der Waals surface area contributed by atoms with Crippen molar-refractivity contribution in [2.24, 2.45) is 0 Å². The Hall–Kier alpha value is -2.17. The number of rotatable bonds is 3. The molecule has 0 atom stereocenters. The zero-order chi connectivity index (χ0) is 15.5. The maximum absolute atomic E-state index is 4.72. The zero-order valence-electron chi connectivity index (χ0n) is 13.4. The lowest BCUT2D eigenvalue weighted by molar-refractivity contribution is 0.613. The Bertz CT molecular complexity index is 664. The fourth-order valence-electron chi connectivity index (χ4n) is 3.67. The molecule has 1 aliphatic heterocycles. The van der Waals surface area contributed by atoms with Gasteiger partial charge in [0.25, 0.3) is 0 Å². The number of hydrogen-bond donors (Lipinski definition) is 1. The Morgan fingerprint density at radius 3 is 2.74 bits per heavy atom. The lowest BCUT2D eigenvalue weighted by atomic mass is 10.1. The van der Waals surface area contributed by atoms with Crippen molar-refractivity contribution in [1.82, 2.24) is 15.2 Å². The van der Waals surface area contributed by atoms with Gasteiger partial charge in [0, 0.05) is 18.3 Å². The summed E-state index contributed by atoms with van der Waals surface area (Å²) in [5.74, 6) is 1.56. The fourth-order valence-corrected chi connectivity index (χ4v) is 3.67. The average Bonchev–Trinajstić information content (AvgIpc) is 2.85. The number of aromatic nitrogens is 3. The van der Waals surface area contributed by atoms with E-state index in [1.165, 1.54) is 49.8 Å². The molecule has 1 aliphatic carbocycles. The van der Waals surface area contributed by atoms with E-state index in [-0.39, 0.29) is 0 Å². The quantitative estimate of drug-likeness (QED) is 0.876. The number of para-hydroxylation sites is 1. The van der Waals surface area contributed by atoms with Crippen molar-refractivity contribution >= 4 is 17.5 Å². The second-order valence-electron chi connectivity index (χ2n) is 6.50. The minimum atomic E-state index is 0.486. The predicted molar refractivity (Wildman–Crippen MR) is 92.1 cm³/mol. The molecule has 0 radical (unpaired) electrons. The summed E-state index contributed by atoms with van der Waals surface area (Å²) in [5.41, 5.74) is 2.62. The van der Waals surface area contributed by atoms with Crippen molar-refractivity contribution in [2.75, 3.05) is 16.8 Å². The van der Waals surface area contributed by atoms with E-state index in [4.69, 9.17) is 4.98 Å². The number of nitrogens with zero attached hydrogens (tertiary/aromatic N) is 4. The van der Waals surface area contributed by atoms with Crippen molar-refractivity contribution in [3.63, 3.8) is 0 Å². The van der Waals surface area contributed by atoms with Crippen LogP contribution in [0.4, 0.5) is 17.5 Å². The highest BCUT2D eigenvalue weighted by Gasteiger charge is 2.22. The van der Waals surface area contributed by atoms with E-state index >= 15 is 0 Å². The summed E-state index contributed by atoms with van der Waals surface area (Å²) in [6.07, 6.45) is 10.5. The summed E-state index contributed by atoms with van der Waals surface area (Å²) in [6, 6.07) is 9.01. The number of benzene rings is 1. The predicted octanol–water partition coefficient (Wildman–Crippen LogP) is 3.70. The van der Waals surface area contributed by atoms with Crippen LogP contribution in [0.1, 0.15) is 44.1 Å². The van der Waals surface area contributed by atoms with Gasteiger partial charge in [-0.05, 0) is 30.9 Å². The van der Waals surface area contributed by atoms with Gasteiger partial charge in [0.1, 0.15) is 0 Å². The van der Waals surface area contributed by atoms with Gasteiger partial charge in [0.15, 0.2) is 5.82 Å². The van der Waals surface area contributed by atoms with Crippen molar-refractivity contribution in [3.05, 3.63) is 36.0 Å². The van der Waals surface area contributed by atoms with Gasteiger partial charge in [-0.1, -0.05) is 43.9 Å². The molecule has 1 saturated carbocycles. The van der Waals surface area contributed by atoms with Gasteiger partial charge in [-0.25, -0.2) is 0 Å². The third-order valence-electron chi connectivity index (χ3n) is 4.90. The monoisotopic (exact) mass is 309 g/mol. The fraction of sp³-hybridized carbons (Fsp3) is 0.500. The molecule has 120 valence electrons. The van der Waals surface area contributed by atoms with Crippen LogP contribution in [0.3, 0.4) is 0 Å². The molecule has 2 heterocycles. The molecule has 0 saturated heterocycles. The summed E-state index contributed by atoms with van der Waals surface area (Å²) in [6.45, 7) is 0.959. The van der Waals surface area contributed by atoms with E-state index < -0.39 is 0 Å². The average molecular weight is 309 g/mol. The smallest absolute Gasteiger partial charge is 0.244 e. The van der Waals surface area contributed by atoms with Gasteiger partial charge in [0.05, 0.1) is 6.20 Å². The van der Waals surface area contributed by atoms with Gasteiger partial charge in [0.2, 0.25) is 5.95 Å². The number of nitrogens with one attached hydrogen (secondary N) is 1. The highest BCUT2D eigenvalue weighted by molar-refractivity contribution is 5.67. The molecular weight excluding hydrogens is 286 g/mol. The van der Waals surface area contributed by atoms with Crippen LogP contribution in [0, 0.1) is 0 Å². The molecule has 1 aromatic heterocycles. The topological polar surface area (TPSA) is 53.9 Å². The molecule has 1 N–H and O–H groups in total. The third-order valence-corrected chi connectivity index (χ3v) is 4.90. The van der Waals surface area contributed by atoms with E-state index in [9.17, 15) is 0 Å². The van der Waals surface area contributed by atoms with E-state index in [1.807, 2.05) is 0 Å². The number of fused-ring (bicyclic) bond motifs is 1. The number of hydrogen-bond acceptors (Lipinski definition) is 5. The van der Waals surface area contributed by atoms with Crippen LogP contribution in [0.25, 0.3) is 0 Å². The molecule has 4 rings (SSSR count). The van der Waals surface area contributed by atoms with Gasteiger partial charge in [-0.15, -0.1) is 5.10 Å². The van der Waals surface area contributed by atoms with Crippen LogP contribution in [0.15, 0.2) is 30.5 Å². The van der Waals surface area contributed by atoms with E-state index in [0.29, 0.717) is 12.0 Å². The van der Waals surface area contributed by atoms with Crippen LogP contribution in [0.5, 0.6) is 0 Å². The van der Waals surface area contributed by atoms with Crippen molar-refractivity contribution < 1.29 is 0 Å². The van der Waals surface area contributed by atoms with E-state index in [1.54, 1.807) is 6.20 Å². The van der Waals surface area contributed by atoms with Crippen LogP contribution in [-0.4, -0.2) is 27.8 Å². The normalized spacial score (nSPS) is 18.5. The molecule has 0 unspecified atom stereocenters. The van der Waals surface area contributed by atoms with Gasteiger partial charge < -0.3 is 10.2 Å². The highest BCUT2D eigenvalue weighted by atomic mass is 15.3. The van der Waals surface area contributed by atoms with Crippen LogP contribution in [-0.2, 0) is 6.42 Å². The largest absolute Gasteiger partial charge is 0.350 e. The lowest BCUT2D eigenvalue weighted by Gasteiger charge is -2.20. The molecule has 0 amide bonds. The summed E-state index contributed by atoms with van der Waals surface area (Å²) >= 11 is 0. The maximum Gasteiger partial charge on any atom is 0.244 e. The highest BCUT2D eigenvalue weighted by Crippen LogP contribution is 2.33. The zero-order valence-corrected chi connectivity index (χ0v) is 13.4. The minimum absolute atomic E-state index is 0.486. The summed E-state index contributed by atoms with van der Waals surface area (Å²) < 4.78 is 0. The summed E-state index contributed by atoms with van der Waals surface area (Å²) in [7, 11) is 0. The minimum Gasteiger partial charge on any atom is -0.350 e. The first-order chi connectivity index (χ1) is 11.4. The Labute approximate surface area is 137 Å². The molecule has 5 nitrogen and oxygen atoms in total. The molecule has 2 aromatic rings. The van der Waals surface area contributed by atoms with E-state index in [0.717, 1.165) is 18.8 Å². The Kier molecular flexibility index (Phi) is 4.09. The molecule has 23 heavy (non-hydrogen) atoms. The van der Waals surface area contributed by atoms with Crippen molar-refractivity contribution in [3.8, 4) is 0 Å². The van der Waals surface area contributed by atoms with E-state index in [2.05, 4.69) is 44.7 Å². The second kappa shape index (κ2) is 6.52. The number of anilines is 3. The van der Waals surface area contributed by atoms with Gasteiger partial charge in [-0.3, -0.25) is 0 Å². The standard InChI is InChI=1S/C18H23N5/c1-2-4-9-15(8-3-1)20-18-21-17(13-19-22-18)23-12-11-14-7-5-6-10-16(14)23/h5-7,10,13,15H,1-4,8-9,11-12H2,(H,20,21,22). The molecule has 0 bridgehead atoms. The molecule has 5 heteroatoms. The second-order valence-corrected chi connectivity index (χ2v) is 6.50. The van der Waals surface area contributed by atoms with Gasteiger partial charge >= 0.3 is 0 Å². The maximum atomic E-state index is 4.72. The Morgan fingerprint density at radius 2 is 1.87 bits per heavy atom. The first-order valence-electron chi connectivity index (χ1n) is 8.72. The molecular formula is C18H23N5. The summed E-state index contributed by atoms with van der Waals surface area (Å²) in [5, 5.41) is 11.9. The molecule has 1 fully saturated rings. The first kappa shape index (κ1) is 14.4. The first-order valence-corrected chi connectivity index (χ1v) is 8.72. The summed E-state index contributed by atoms with van der Waals surface area (Å²) in [4.78, 5) is 6.96. The Morgan fingerprint density at radius 1 is 1.04 bits per heavy atom. The molecule has 0 spiro atoms. The van der Waals surface area contributed by atoms with Crippen LogP contribution >= 0.6 is 0 Å². The van der Waals surface area contributed by atoms with Crippen molar-refractivity contribution in [1.29, 1.82) is 0 Å². The van der Waals surface area contributed by atoms with Crippen molar-refractivity contribution in [2.45, 2.75) is 51.0 Å². The molecule has 1 aromatic carbocycles. The lowest BCUT2D eigenvalue weighted by Crippen LogP contribution is -2.22. The third kappa shape index (κ3) is 3.14. The Balaban J connectivity index is 1.53. The van der Waals surface area contributed by atoms with Crippen LogP contribution in [0.2, 0.25) is 0 Å². The van der Waals surface area contributed by atoms with Crippen LogP contribution < -0.4 is 10.2 Å². The molecule has 2 aliphatic rings. The van der Waals surface area contributed by atoms with Gasteiger partial charge in [-0.2, -0.15) is 10.1 Å².